The second-order valence-corrected chi connectivity index (χ2v) is 5.34. The van der Waals surface area contributed by atoms with E-state index in [2.05, 4.69) is 4.74 Å². The average Bonchev–Trinajstić information content (AvgIpc) is 3.04. The number of carbonyl (C=O) groups is 2. The van der Waals surface area contributed by atoms with Crippen molar-refractivity contribution in [2.24, 2.45) is 0 Å². The van der Waals surface area contributed by atoms with Crippen molar-refractivity contribution in [1.29, 1.82) is 0 Å². The fraction of sp³-hybridized carbons (Fsp3) is 0.353. The minimum atomic E-state index is -0.301. The molecule has 7 nitrogen and oxygen atoms in total. The summed E-state index contributed by atoms with van der Waals surface area (Å²) in [6.45, 7) is 0.682. The van der Waals surface area contributed by atoms with Crippen molar-refractivity contribution in [3.8, 4) is 0 Å². The lowest BCUT2D eigenvalue weighted by Crippen LogP contribution is -2.27. The molecule has 1 amide bonds. The number of furan rings is 1. The highest BCUT2D eigenvalue weighted by Gasteiger charge is 2.16. The van der Waals surface area contributed by atoms with E-state index >= 15 is 0 Å². The van der Waals surface area contributed by atoms with E-state index in [4.69, 9.17) is 4.42 Å². The Morgan fingerprint density at radius 3 is 2.75 bits per heavy atom. The van der Waals surface area contributed by atoms with Gasteiger partial charge in [-0.3, -0.25) is 14.4 Å². The Labute approximate surface area is 139 Å². The molecular formula is C17H20N2O5. The standard InChI is InChI=1S/C17H20N2O5/c1-18(10-5-7-16(21)23-2)17(22)14-9-8-13(24-14)12-19-11-4-3-6-15(19)20/h3-4,6,8-9,11H,5,7,10,12H2,1-2H3. The van der Waals surface area contributed by atoms with E-state index in [-0.39, 0.29) is 36.2 Å². The van der Waals surface area contributed by atoms with Gasteiger partial charge in [-0.2, -0.15) is 0 Å². The highest BCUT2D eigenvalue weighted by Crippen LogP contribution is 2.11. The average molecular weight is 332 g/mol. The van der Waals surface area contributed by atoms with Gasteiger partial charge in [0.1, 0.15) is 5.76 Å². The molecule has 0 aliphatic heterocycles. The van der Waals surface area contributed by atoms with Gasteiger partial charge in [0.2, 0.25) is 0 Å². The van der Waals surface area contributed by atoms with Crippen LogP contribution in [0.3, 0.4) is 0 Å². The van der Waals surface area contributed by atoms with E-state index in [0.29, 0.717) is 18.7 Å². The van der Waals surface area contributed by atoms with Gasteiger partial charge < -0.3 is 18.6 Å². The maximum Gasteiger partial charge on any atom is 0.305 e. The smallest absolute Gasteiger partial charge is 0.305 e. The van der Waals surface area contributed by atoms with Crippen molar-refractivity contribution >= 4 is 11.9 Å². The Morgan fingerprint density at radius 2 is 2.04 bits per heavy atom. The van der Waals surface area contributed by atoms with E-state index in [0.717, 1.165) is 0 Å². The number of methoxy groups -OCH3 is 1. The van der Waals surface area contributed by atoms with Crippen LogP contribution in [0.15, 0.2) is 45.7 Å². The predicted molar refractivity (Wildman–Crippen MR) is 86.7 cm³/mol. The number of nitrogens with zero attached hydrogens (tertiary/aromatic N) is 2. The normalized spacial score (nSPS) is 10.4. The quantitative estimate of drug-likeness (QED) is 0.718. The zero-order chi connectivity index (χ0) is 17.5. The van der Waals surface area contributed by atoms with Gasteiger partial charge >= 0.3 is 5.97 Å². The van der Waals surface area contributed by atoms with E-state index < -0.39 is 0 Å². The van der Waals surface area contributed by atoms with Gasteiger partial charge in [0.25, 0.3) is 11.5 Å². The summed E-state index contributed by atoms with van der Waals surface area (Å²) < 4.78 is 11.6. The highest BCUT2D eigenvalue weighted by atomic mass is 16.5. The highest BCUT2D eigenvalue weighted by molar-refractivity contribution is 5.91. The summed E-state index contributed by atoms with van der Waals surface area (Å²) in [5.74, 6) is 0.153. The molecule has 2 rings (SSSR count). The molecule has 0 saturated carbocycles. The minimum Gasteiger partial charge on any atom is -0.469 e. The molecule has 2 aromatic rings. The first-order chi connectivity index (χ1) is 11.5. The third-order valence-corrected chi connectivity index (χ3v) is 3.55. The van der Waals surface area contributed by atoms with Crippen molar-refractivity contribution in [2.45, 2.75) is 19.4 Å². The number of pyridine rings is 1. The van der Waals surface area contributed by atoms with Crippen molar-refractivity contribution < 1.29 is 18.7 Å². The topological polar surface area (TPSA) is 81.8 Å². The van der Waals surface area contributed by atoms with E-state index in [1.807, 2.05) is 0 Å². The monoisotopic (exact) mass is 332 g/mol. The number of hydrogen-bond acceptors (Lipinski definition) is 5. The van der Waals surface area contributed by atoms with Crippen molar-refractivity contribution in [1.82, 2.24) is 9.47 Å². The summed E-state index contributed by atoms with van der Waals surface area (Å²) in [6.07, 6.45) is 2.43. The Bertz CT molecular complexity index is 762. The summed E-state index contributed by atoms with van der Waals surface area (Å²) in [7, 11) is 2.98. The van der Waals surface area contributed by atoms with Crippen LogP contribution in [-0.2, 0) is 16.1 Å². The van der Waals surface area contributed by atoms with Crippen LogP contribution in [-0.4, -0.2) is 42.0 Å². The summed E-state index contributed by atoms with van der Waals surface area (Å²) in [5.41, 5.74) is -0.137. The SMILES string of the molecule is COC(=O)CCCN(C)C(=O)c1ccc(Cn2ccccc2=O)o1. The van der Waals surface area contributed by atoms with Gasteiger partial charge in [-0.05, 0) is 24.6 Å². The lowest BCUT2D eigenvalue weighted by atomic mass is 10.3. The number of aromatic nitrogens is 1. The van der Waals surface area contributed by atoms with E-state index in [1.165, 1.54) is 22.6 Å². The number of ether oxygens (including phenoxy) is 1. The molecular weight excluding hydrogens is 312 g/mol. The zero-order valence-electron chi connectivity index (χ0n) is 13.7. The van der Waals surface area contributed by atoms with Crippen molar-refractivity contribution in [3.63, 3.8) is 0 Å². The maximum atomic E-state index is 12.3. The third-order valence-electron chi connectivity index (χ3n) is 3.55. The molecule has 0 bridgehead atoms. The molecule has 0 spiro atoms. The summed E-state index contributed by atoms with van der Waals surface area (Å²) >= 11 is 0. The van der Waals surface area contributed by atoms with Crippen molar-refractivity contribution in [3.05, 3.63) is 58.4 Å². The predicted octanol–water partition coefficient (Wildman–Crippen LogP) is 1.51. The Morgan fingerprint density at radius 1 is 1.25 bits per heavy atom. The molecule has 0 radical (unpaired) electrons. The number of rotatable bonds is 7. The van der Waals surface area contributed by atoms with Crippen LogP contribution in [0.4, 0.5) is 0 Å². The van der Waals surface area contributed by atoms with Crippen LogP contribution in [0, 0.1) is 0 Å². The Hall–Kier alpha value is -2.83. The second-order valence-electron chi connectivity index (χ2n) is 5.34. The van der Waals surface area contributed by atoms with E-state index in [9.17, 15) is 14.4 Å². The summed E-state index contributed by atoms with van der Waals surface area (Å²) in [6, 6.07) is 8.15. The van der Waals surface area contributed by atoms with Crippen LogP contribution < -0.4 is 5.56 Å². The first kappa shape index (κ1) is 17.5. The molecule has 128 valence electrons. The molecule has 0 aliphatic carbocycles. The van der Waals surface area contributed by atoms with Crippen LogP contribution in [0.1, 0.15) is 29.2 Å². The summed E-state index contributed by atoms with van der Waals surface area (Å²) in [4.78, 5) is 36.5. The number of carbonyl (C=O) groups excluding carboxylic acids is 2. The first-order valence-corrected chi connectivity index (χ1v) is 7.57. The molecule has 7 heteroatoms. The molecule has 2 aromatic heterocycles. The molecule has 0 unspecified atom stereocenters. The van der Waals surface area contributed by atoms with Crippen molar-refractivity contribution in [2.75, 3.05) is 20.7 Å². The third kappa shape index (κ3) is 4.58. The molecule has 0 atom stereocenters. The van der Waals surface area contributed by atoms with Gasteiger partial charge in [0.15, 0.2) is 5.76 Å². The molecule has 0 N–H and O–H groups in total. The molecule has 2 heterocycles. The Balaban J connectivity index is 1.94. The first-order valence-electron chi connectivity index (χ1n) is 7.57. The van der Waals surface area contributed by atoms with Gasteiger partial charge in [0.05, 0.1) is 13.7 Å². The maximum absolute atomic E-state index is 12.3. The largest absolute Gasteiger partial charge is 0.469 e. The van der Waals surface area contributed by atoms with Gasteiger partial charge in [-0.15, -0.1) is 0 Å². The fourth-order valence-electron chi connectivity index (χ4n) is 2.19. The van der Waals surface area contributed by atoms with Crippen LogP contribution in [0.25, 0.3) is 0 Å². The van der Waals surface area contributed by atoms with Gasteiger partial charge in [-0.25, -0.2) is 0 Å². The minimum absolute atomic E-state index is 0.137. The molecule has 0 fully saturated rings. The number of esters is 1. The van der Waals surface area contributed by atoms with Gasteiger partial charge in [-0.1, -0.05) is 6.07 Å². The fourth-order valence-corrected chi connectivity index (χ4v) is 2.19. The number of amides is 1. The molecule has 0 saturated heterocycles. The molecule has 24 heavy (non-hydrogen) atoms. The second kappa shape index (κ2) is 8.14. The Kier molecular flexibility index (Phi) is 5.95. The zero-order valence-corrected chi connectivity index (χ0v) is 13.7. The molecule has 0 aliphatic rings. The van der Waals surface area contributed by atoms with Crippen LogP contribution in [0.2, 0.25) is 0 Å². The van der Waals surface area contributed by atoms with Crippen LogP contribution >= 0.6 is 0 Å². The number of hydrogen-bond donors (Lipinski definition) is 0. The van der Waals surface area contributed by atoms with E-state index in [1.54, 1.807) is 37.5 Å². The van der Waals surface area contributed by atoms with Gasteiger partial charge in [0, 0.05) is 32.3 Å². The summed E-state index contributed by atoms with van der Waals surface area (Å²) in [5, 5.41) is 0. The van der Waals surface area contributed by atoms with Crippen LogP contribution in [0.5, 0.6) is 0 Å². The lowest BCUT2D eigenvalue weighted by molar-refractivity contribution is -0.140. The lowest BCUT2D eigenvalue weighted by Gasteiger charge is -2.15. The molecule has 0 aromatic carbocycles.